The molecular weight excluding hydrogens is 304 g/mol. The van der Waals surface area contributed by atoms with Gasteiger partial charge in [0.1, 0.15) is 4.88 Å². The molecule has 7 heteroatoms. The van der Waals surface area contributed by atoms with Gasteiger partial charge in [-0.25, -0.2) is 9.59 Å². The summed E-state index contributed by atoms with van der Waals surface area (Å²) < 4.78 is 5.87. The second-order valence-electron chi connectivity index (χ2n) is 4.53. The highest BCUT2D eigenvalue weighted by molar-refractivity contribution is 7.20. The Hall–Kier alpha value is -2.41. The molecule has 0 unspecified atom stereocenters. The zero-order chi connectivity index (χ0) is 15.9. The average Bonchev–Trinajstić information content (AvgIpc) is 2.94. The summed E-state index contributed by atoms with van der Waals surface area (Å²) in [5.74, 6) is -1.24. The van der Waals surface area contributed by atoms with Crippen molar-refractivity contribution in [2.45, 2.75) is 13.3 Å². The SMILES string of the molecule is CCCNC(=O)NC(=O)COC(=O)c1cc2ccccc2s1. The lowest BCUT2D eigenvalue weighted by Crippen LogP contribution is -2.41. The van der Waals surface area contributed by atoms with E-state index in [4.69, 9.17) is 4.74 Å². The molecule has 0 saturated carbocycles. The van der Waals surface area contributed by atoms with E-state index in [2.05, 4.69) is 10.6 Å². The second kappa shape index (κ2) is 7.56. The zero-order valence-electron chi connectivity index (χ0n) is 12.0. The van der Waals surface area contributed by atoms with Crippen LogP contribution >= 0.6 is 11.3 Å². The van der Waals surface area contributed by atoms with Crippen molar-refractivity contribution in [1.29, 1.82) is 0 Å². The predicted octanol–water partition coefficient (Wildman–Crippen LogP) is 2.29. The number of rotatable bonds is 5. The topological polar surface area (TPSA) is 84.5 Å². The monoisotopic (exact) mass is 320 g/mol. The first-order valence-corrected chi connectivity index (χ1v) is 7.65. The third kappa shape index (κ3) is 4.29. The summed E-state index contributed by atoms with van der Waals surface area (Å²) in [4.78, 5) is 35.0. The van der Waals surface area contributed by atoms with Crippen molar-refractivity contribution in [3.8, 4) is 0 Å². The van der Waals surface area contributed by atoms with E-state index in [1.165, 1.54) is 11.3 Å². The summed E-state index contributed by atoms with van der Waals surface area (Å²) in [7, 11) is 0. The number of amides is 3. The van der Waals surface area contributed by atoms with Crippen LogP contribution in [0.2, 0.25) is 0 Å². The molecule has 0 aliphatic carbocycles. The Morgan fingerprint density at radius 2 is 2.00 bits per heavy atom. The smallest absolute Gasteiger partial charge is 0.348 e. The van der Waals surface area contributed by atoms with E-state index in [-0.39, 0.29) is 0 Å². The molecule has 1 aromatic heterocycles. The number of urea groups is 1. The summed E-state index contributed by atoms with van der Waals surface area (Å²) in [5, 5.41) is 5.52. The van der Waals surface area contributed by atoms with E-state index in [0.717, 1.165) is 16.5 Å². The van der Waals surface area contributed by atoms with E-state index >= 15 is 0 Å². The Morgan fingerprint density at radius 1 is 1.23 bits per heavy atom. The standard InChI is InChI=1S/C15H16N2O4S/c1-2-7-16-15(20)17-13(18)9-21-14(19)12-8-10-5-3-4-6-11(10)22-12/h3-6,8H,2,7,9H2,1H3,(H2,16,17,18,20). The van der Waals surface area contributed by atoms with Gasteiger partial charge >= 0.3 is 12.0 Å². The van der Waals surface area contributed by atoms with Gasteiger partial charge in [0.05, 0.1) is 0 Å². The Morgan fingerprint density at radius 3 is 2.73 bits per heavy atom. The van der Waals surface area contributed by atoms with Gasteiger partial charge in [-0.05, 0) is 23.9 Å². The number of esters is 1. The number of ether oxygens (including phenoxy) is 1. The molecule has 6 nitrogen and oxygen atoms in total. The third-order valence-corrected chi connectivity index (χ3v) is 3.85. The number of thiophene rings is 1. The van der Waals surface area contributed by atoms with Gasteiger partial charge in [-0.15, -0.1) is 11.3 Å². The first kappa shape index (κ1) is 16.0. The number of hydrogen-bond donors (Lipinski definition) is 2. The molecule has 0 radical (unpaired) electrons. The number of carbonyl (C=O) groups excluding carboxylic acids is 3. The van der Waals surface area contributed by atoms with Crippen molar-refractivity contribution in [3.05, 3.63) is 35.2 Å². The van der Waals surface area contributed by atoms with Gasteiger partial charge in [0, 0.05) is 11.2 Å². The number of hydrogen-bond acceptors (Lipinski definition) is 5. The van der Waals surface area contributed by atoms with Crippen LogP contribution < -0.4 is 10.6 Å². The molecule has 0 bridgehead atoms. The van der Waals surface area contributed by atoms with Crippen LogP contribution in [0.15, 0.2) is 30.3 Å². The van der Waals surface area contributed by atoms with Crippen molar-refractivity contribution in [3.63, 3.8) is 0 Å². The van der Waals surface area contributed by atoms with Crippen molar-refractivity contribution >= 4 is 39.3 Å². The van der Waals surface area contributed by atoms with Crippen LogP contribution in [0.3, 0.4) is 0 Å². The summed E-state index contributed by atoms with van der Waals surface area (Å²) in [5.41, 5.74) is 0. The predicted molar refractivity (Wildman–Crippen MR) is 83.9 cm³/mol. The van der Waals surface area contributed by atoms with Gasteiger partial charge in [-0.3, -0.25) is 10.1 Å². The molecule has 2 aromatic rings. The summed E-state index contributed by atoms with van der Waals surface area (Å²) in [6, 6.07) is 8.69. The highest BCUT2D eigenvalue weighted by atomic mass is 32.1. The van der Waals surface area contributed by atoms with E-state index < -0.39 is 24.5 Å². The van der Waals surface area contributed by atoms with Crippen LogP contribution in [-0.4, -0.2) is 31.1 Å². The van der Waals surface area contributed by atoms with Gasteiger partial charge in [-0.2, -0.15) is 0 Å². The molecule has 1 heterocycles. The minimum Gasteiger partial charge on any atom is -0.451 e. The average molecular weight is 320 g/mol. The molecule has 0 aliphatic heterocycles. The van der Waals surface area contributed by atoms with Crippen LogP contribution in [-0.2, 0) is 9.53 Å². The minimum atomic E-state index is -0.664. The van der Waals surface area contributed by atoms with Crippen LogP contribution in [0, 0.1) is 0 Å². The number of fused-ring (bicyclic) bond motifs is 1. The van der Waals surface area contributed by atoms with Gasteiger partial charge in [0.15, 0.2) is 6.61 Å². The van der Waals surface area contributed by atoms with E-state index in [1.54, 1.807) is 6.07 Å². The molecule has 0 aliphatic rings. The largest absolute Gasteiger partial charge is 0.451 e. The third-order valence-electron chi connectivity index (χ3n) is 2.75. The highest BCUT2D eigenvalue weighted by Crippen LogP contribution is 2.25. The van der Waals surface area contributed by atoms with Crippen LogP contribution in [0.1, 0.15) is 23.0 Å². The normalized spacial score (nSPS) is 10.2. The van der Waals surface area contributed by atoms with Crippen molar-refractivity contribution in [1.82, 2.24) is 10.6 Å². The summed E-state index contributed by atoms with van der Waals surface area (Å²) in [6.07, 6.45) is 0.766. The Labute approximate surface area is 131 Å². The van der Waals surface area contributed by atoms with Gasteiger partial charge in [0.2, 0.25) is 0 Å². The Bertz CT molecular complexity index is 663. The fourth-order valence-corrected chi connectivity index (χ4v) is 2.69. The molecule has 0 atom stereocenters. The molecule has 22 heavy (non-hydrogen) atoms. The Balaban J connectivity index is 1.84. The quantitative estimate of drug-likeness (QED) is 0.828. The Kier molecular flexibility index (Phi) is 5.48. The molecule has 0 spiro atoms. The van der Waals surface area contributed by atoms with E-state index in [9.17, 15) is 14.4 Å². The maximum atomic E-state index is 11.9. The van der Waals surface area contributed by atoms with Crippen molar-refractivity contribution in [2.75, 3.05) is 13.2 Å². The molecule has 2 N–H and O–H groups in total. The first-order valence-electron chi connectivity index (χ1n) is 6.83. The van der Waals surface area contributed by atoms with Gasteiger partial charge in [0.25, 0.3) is 5.91 Å². The van der Waals surface area contributed by atoms with Crippen molar-refractivity contribution in [2.24, 2.45) is 0 Å². The molecule has 0 fully saturated rings. The zero-order valence-corrected chi connectivity index (χ0v) is 12.9. The minimum absolute atomic E-state index is 0.421. The molecular formula is C15H16N2O4S. The maximum absolute atomic E-state index is 11.9. The number of carbonyl (C=O) groups is 3. The summed E-state index contributed by atoms with van der Waals surface area (Å²) in [6.45, 7) is 1.88. The molecule has 0 saturated heterocycles. The lowest BCUT2D eigenvalue weighted by molar-refractivity contribution is -0.123. The lowest BCUT2D eigenvalue weighted by atomic mass is 10.2. The fraction of sp³-hybridized carbons (Fsp3) is 0.267. The van der Waals surface area contributed by atoms with Crippen molar-refractivity contribution < 1.29 is 19.1 Å². The molecule has 116 valence electrons. The molecule has 2 rings (SSSR count). The number of nitrogens with one attached hydrogen (secondary N) is 2. The van der Waals surface area contributed by atoms with Crippen LogP contribution in [0.25, 0.3) is 10.1 Å². The van der Waals surface area contributed by atoms with Gasteiger partial charge in [-0.1, -0.05) is 25.1 Å². The number of imide groups is 1. The lowest BCUT2D eigenvalue weighted by Gasteiger charge is -2.05. The highest BCUT2D eigenvalue weighted by Gasteiger charge is 2.14. The number of benzene rings is 1. The van der Waals surface area contributed by atoms with Crippen LogP contribution in [0.5, 0.6) is 0 Å². The van der Waals surface area contributed by atoms with E-state index in [1.807, 2.05) is 31.2 Å². The fourth-order valence-electron chi connectivity index (χ4n) is 1.73. The van der Waals surface area contributed by atoms with E-state index in [0.29, 0.717) is 11.4 Å². The molecule has 3 amide bonds. The summed E-state index contributed by atoms with van der Waals surface area (Å²) >= 11 is 1.30. The second-order valence-corrected chi connectivity index (χ2v) is 5.61. The van der Waals surface area contributed by atoms with Gasteiger partial charge < -0.3 is 10.1 Å². The molecule has 1 aromatic carbocycles. The maximum Gasteiger partial charge on any atom is 0.348 e. The first-order chi connectivity index (χ1) is 10.6. The van der Waals surface area contributed by atoms with Crippen LogP contribution in [0.4, 0.5) is 4.79 Å².